The standard InChI is InChI=1S/C21H21BrFN2O4P.ClH/c1-14-5-12-20(28-14)30(21(2,3)4,29-17-9-6-15(23)7-10-17)24-19-13-16(25(26)27)8-11-18(19)22;/h5-13H,1-4H3;1H. The Labute approximate surface area is 194 Å². The van der Waals surface area contributed by atoms with Crippen molar-refractivity contribution in [3.05, 3.63) is 80.8 Å². The Kier molecular flexibility index (Phi) is 7.74. The number of hydrogen-bond donors (Lipinski definition) is 0. The second-order valence-corrected chi connectivity index (χ2v) is 11.8. The van der Waals surface area contributed by atoms with Crippen LogP contribution >= 0.6 is 35.6 Å². The average Bonchev–Trinajstić information content (AvgIpc) is 3.10. The Hall–Kier alpha value is -2.15. The molecule has 3 rings (SSSR count). The van der Waals surface area contributed by atoms with Crippen molar-refractivity contribution in [2.45, 2.75) is 32.9 Å². The lowest BCUT2D eigenvalue weighted by Crippen LogP contribution is -2.26. The fraction of sp³-hybridized carbons (Fsp3) is 0.238. The smallest absolute Gasteiger partial charge is 0.271 e. The number of nitro benzene ring substituents is 1. The average molecular weight is 532 g/mol. The molecule has 1 heterocycles. The molecule has 0 saturated heterocycles. The third-order valence-corrected chi connectivity index (χ3v) is 8.67. The highest BCUT2D eigenvalue weighted by atomic mass is 79.9. The van der Waals surface area contributed by atoms with Crippen LogP contribution in [0.5, 0.6) is 5.75 Å². The number of hydrogen-bond acceptors (Lipinski definition) is 5. The van der Waals surface area contributed by atoms with Gasteiger partial charge in [0, 0.05) is 21.8 Å². The van der Waals surface area contributed by atoms with Crippen LogP contribution in [0.1, 0.15) is 26.5 Å². The maximum absolute atomic E-state index is 13.4. The molecular formula is C21H22BrClFN2O4P. The zero-order valence-corrected chi connectivity index (χ0v) is 20.6. The molecule has 6 nitrogen and oxygen atoms in total. The van der Waals surface area contributed by atoms with Gasteiger partial charge >= 0.3 is 0 Å². The van der Waals surface area contributed by atoms with E-state index in [0.29, 0.717) is 27.2 Å². The second kappa shape index (κ2) is 9.55. The summed E-state index contributed by atoms with van der Waals surface area (Å²) < 4.78 is 31.4. The summed E-state index contributed by atoms with van der Waals surface area (Å²) in [6, 6.07) is 13.7. The Balaban J connectivity index is 0.00000341. The Bertz CT molecular complexity index is 1140. The molecule has 10 heteroatoms. The van der Waals surface area contributed by atoms with Gasteiger partial charge in [-0.3, -0.25) is 10.1 Å². The normalized spacial score (nSPS) is 13.1. The van der Waals surface area contributed by atoms with Gasteiger partial charge in [0.1, 0.15) is 17.3 Å². The van der Waals surface area contributed by atoms with Crippen molar-refractivity contribution in [1.29, 1.82) is 0 Å². The first kappa shape index (κ1) is 25.1. The van der Waals surface area contributed by atoms with Crippen molar-refractivity contribution in [3.8, 4) is 5.75 Å². The lowest BCUT2D eigenvalue weighted by atomic mass is 10.3. The lowest BCUT2D eigenvalue weighted by Gasteiger charge is -2.35. The van der Waals surface area contributed by atoms with E-state index in [4.69, 9.17) is 13.7 Å². The van der Waals surface area contributed by atoms with E-state index in [-0.39, 0.29) is 23.9 Å². The number of benzene rings is 2. The molecule has 0 radical (unpaired) electrons. The van der Waals surface area contributed by atoms with Gasteiger partial charge < -0.3 is 8.94 Å². The van der Waals surface area contributed by atoms with Crippen molar-refractivity contribution in [3.63, 3.8) is 0 Å². The van der Waals surface area contributed by atoms with Crippen LogP contribution in [0.25, 0.3) is 0 Å². The lowest BCUT2D eigenvalue weighted by molar-refractivity contribution is -0.384. The fourth-order valence-electron chi connectivity index (χ4n) is 2.81. The number of non-ortho nitro benzene ring substituents is 1. The molecule has 0 N–H and O–H groups in total. The molecule has 1 aromatic heterocycles. The molecule has 0 saturated carbocycles. The molecule has 0 aliphatic heterocycles. The van der Waals surface area contributed by atoms with Gasteiger partial charge in [0.25, 0.3) is 5.69 Å². The Morgan fingerprint density at radius 3 is 2.29 bits per heavy atom. The van der Waals surface area contributed by atoms with Crippen LogP contribution in [0.4, 0.5) is 15.8 Å². The predicted molar refractivity (Wildman–Crippen MR) is 127 cm³/mol. The highest BCUT2D eigenvalue weighted by molar-refractivity contribution is 9.10. The van der Waals surface area contributed by atoms with E-state index in [9.17, 15) is 14.5 Å². The SMILES string of the molecule is Cc1ccc(P(=Nc2cc([N+](=O)[O-])ccc2Br)(Oc2ccc(F)cc2)C(C)(C)C)o1.Cl. The van der Waals surface area contributed by atoms with Gasteiger partial charge in [-0.05, 0) is 65.3 Å². The minimum atomic E-state index is -2.96. The monoisotopic (exact) mass is 530 g/mol. The van der Waals surface area contributed by atoms with Crippen LogP contribution in [0.2, 0.25) is 0 Å². The molecule has 0 bridgehead atoms. The molecular weight excluding hydrogens is 510 g/mol. The molecule has 0 fully saturated rings. The van der Waals surface area contributed by atoms with Crippen LogP contribution in [0, 0.1) is 22.9 Å². The van der Waals surface area contributed by atoms with Gasteiger partial charge in [-0.2, -0.15) is 0 Å². The van der Waals surface area contributed by atoms with Crippen molar-refractivity contribution < 1.29 is 18.3 Å². The van der Waals surface area contributed by atoms with E-state index in [1.54, 1.807) is 6.07 Å². The second-order valence-electron chi connectivity index (χ2n) is 7.67. The quantitative estimate of drug-likeness (QED) is 0.191. The maximum Gasteiger partial charge on any atom is 0.271 e. The Morgan fingerprint density at radius 1 is 1.13 bits per heavy atom. The van der Waals surface area contributed by atoms with E-state index in [2.05, 4.69) is 15.9 Å². The van der Waals surface area contributed by atoms with E-state index < -0.39 is 17.4 Å². The van der Waals surface area contributed by atoms with E-state index in [0.717, 1.165) is 0 Å². The van der Waals surface area contributed by atoms with E-state index >= 15 is 0 Å². The maximum atomic E-state index is 13.4. The molecule has 1 unspecified atom stereocenters. The van der Waals surface area contributed by atoms with Gasteiger partial charge in [0.2, 0.25) is 7.28 Å². The first-order chi connectivity index (χ1) is 14.0. The number of halogens is 3. The summed E-state index contributed by atoms with van der Waals surface area (Å²) in [7, 11) is -2.96. The first-order valence-corrected chi connectivity index (χ1v) is 11.6. The highest BCUT2D eigenvalue weighted by Crippen LogP contribution is 2.62. The minimum Gasteiger partial charge on any atom is -0.457 e. The number of furan rings is 1. The molecule has 2 aromatic carbocycles. The summed E-state index contributed by atoms with van der Waals surface area (Å²) in [5, 5.41) is 10.7. The van der Waals surface area contributed by atoms with Crippen molar-refractivity contribution >= 4 is 52.5 Å². The van der Waals surface area contributed by atoms with Crippen LogP contribution < -0.4 is 10.0 Å². The largest absolute Gasteiger partial charge is 0.457 e. The minimum absolute atomic E-state index is 0. The first-order valence-electron chi connectivity index (χ1n) is 9.10. The summed E-state index contributed by atoms with van der Waals surface area (Å²) in [6.45, 7) is 7.73. The summed E-state index contributed by atoms with van der Waals surface area (Å²) in [6.07, 6.45) is 0. The summed E-state index contributed by atoms with van der Waals surface area (Å²) >= 11 is 3.44. The van der Waals surface area contributed by atoms with E-state index in [1.165, 1.54) is 36.4 Å². The predicted octanol–water partition coefficient (Wildman–Crippen LogP) is 7.77. The number of rotatable bonds is 5. The summed E-state index contributed by atoms with van der Waals surface area (Å²) in [5.74, 6) is 0.739. The third kappa shape index (κ3) is 5.37. The molecule has 0 aliphatic rings. The molecule has 0 spiro atoms. The summed E-state index contributed by atoms with van der Waals surface area (Å²) in [4.78, 5) is 10.8. The van der Waals surface area contributed by atoms with Crippen LogP contribution in [0.15, 0.2) is 68.2 Å². The van der Waals surface area contributed by atoms with Crippen molar-refractivity contribution in [2.75, 3.05) is 0 Å². The van der Waals surface area contributed by atoms with Crippen molar-refractivity contribution in [1.82, 2.24) is 0 Å². The van der Waals surface area contributed by atoms with Crippen molar-refractivity contribution in [2.24, 2.45) is 4.74 Å². The van der Waals surface area contributed by atoms with Crippen LogP contribution in [-0.4, -0.2) is 10.1 Å². The van der Waals surface area contributed by atoms with Gasteiger partial charge in [0.15, 0.2) is 5.50 Å². The fourth-order valence-corrected chi connectivity index (χ4v) is 6.18. The number of nitrogens with zero attached hydrogens (tertiary/aromatic N) is 2. The zero-order valence-electron chi connectivity index (χ0n) is 17.3. The molecule has 3 aromatic rings. The zero-order chi connectivity index (χ0) is 22.1. The van der Waals surface area contributed by atoms with E-state index in [1.807, 2.05) is 39.8 Å². The molecule has 166 valence electrons. The van der Waals surface area contributed by atoms with Gasteiger partial charge in [-0.1, -0.05) is 20.8 Å². The molecule has 0 aliphatic carbocycles. The topological polar surface area (TPSA) is 77.9 Å². The summed E-state index contributed by atoms with van der Waals surface area (Å²) in [5.41, 5.74) is 0.834. The van der Waals surface area contributed by atoms with Crippen LogP contribution in [0.3, 0.4) is 0 Å². The van der Waals surface area contributed by atoms with Gasteiger partial charge in [-0.25, -0.2) is 9.14 Å². The highest BCUT2D eigenvalue weighted by Gasteiger charge is 2.42. The third-order valence-electron chi connectivity index (χ3n) is 4.37. The van der Waals surface area contributed by atoms with Gasteiger partial charge in [0.05, 0.1) is 10.6 Å². The number of aryl methyl sites for hydroxylation is 1. The molecule has 1 atom stereocenters. The van der Waals surface area contributed by atoms with Crippen LogP contribution in [-0.2, 0) is 0 Å². The molecule has 0 amide bonds. The molecule has 31 heavy (non-hydrogen) atoms. The number of nitro groups is 1. The van der Waals surface area contributed by atoms with Gasteiger partial charge in [-0.15, -0.1) is 12.4 Å². The Morgan fingerprint density at radius 2 is 1.77 bits per heavy atom.